The van der Waals surface area contributed by atoms with Crippen molar-refractivity contribution in [2.75, 3.05) is 26.4 Å². The molecule has 0 aliphatic carbocycles. The van der Waals surface area contributed by atoms with Gasteiger partial charge in [0.1, 0.15) is 0 Å². The maximum atomic E-state index is 14.1. The number of Topliss-reactive ketones (excluding diaryl/α,β-unsaturated/α-hetero) is 1. The van der Waals surface area contributed by atoms with E-state index in [2.05, 4.69) is 27.7 Å². The van der Waals surface area contributed by atoms with E-state index in [0.29, 0.717) is 55.0 Å². The lowest BCUT2D eigenvalue weighted by Gasteiger charge is -2.20. The fourth-order valence-electron chi connectivity index (χ4n) is 4.24. The zero-order valence-electron chi connectivity index (χ0n) is 25.5. The number of hydrogen-bond acceptors (Lipinski definition) is 5. The minimum atomic E-state index is -0.207. The molecule has 222 valence electrons. The minimum Gasteiger partial charge on any atom is -0.490 e. The Morgan fingerprint density at radius 1 is 0.600 bits per heavy atom. The zero-order chi connectivity index (χ0) is 28.8. The molecule has 5 nitrogen and oxygen atoms in total. The minimum absolute atomic E-state index is 0.207. The molecule has 2 aromatic carbocycles. The summed E-state index contributed by atoms with van der Waals surface area (Å²) >= 11 is 0. The molecule has 0 heterocycles. The third kappa shape index (κ3) is 12.1. The van der Waals surface area contributed by atoms with Gasteiger partial charge in [-0.05, 0) is 49.5 Å². The first-order valence-corrected chi connectivity index (χ1v) is 15.7. The second kappa shape index (κ2) is 20.9. The van der Waals surface area contributed by atoms with E-state index in [9.17, 15) is 4.79 Å². The summed E-state index contributed by atoms with van der Waals surface area (Å²) in [6.07, 6.45) is 14.2. The number of ether oxygens (including phenoxy) is 4. The number of hydrogen-bond donors (Lipinski definition) is 0. The van der Waals surface area contributed by atoms with Crippen molar-refractivity contribution < 1.29 is 23.7 Å². The van der Waals surface area contributed by atoms with Crippen molar-refractivity contribution in [2.45, 2.75) is 105 Å². The molecular weight excluding hydrogens is 500 g/mol. The van der Waals surface area contributed by atoms with Crippen LogP contribution in [0.2, 0.25) is 0 Å². The monoisotopic (exact) mass is 552 g/mol. The van der Waals surface area contributed by atoms with Crippen LogP contribution in [0.15, 0.2) is 48.2 Å². The molecule has 0 aliphatic rings. The number of rotatable bonds is 23. The van der Waals surface area contributed by atoms with Crippen molar-refractivity contribution in [1.82, 2.24) is 0 Å². The highest BCUT2D eigenvalue weighted by Gasteiger charge is 2.25. The topological polar surface area (TPSA) is 54.0 Å². The van der Waals surface area contributed by atoms with E-state index >= 15 is 0 Å². The van der Waals surface area contributed by atoms with Gasteiger partial charge in [-0.15, -0.1) is 0 Å². The Labute approximate surface area is 243 Å². The lowest BCUT2D eigenvalue weighted by molar-refractivity contribution is 0.0914. The predicted octanol–water partition coefficient (Wildman–Crippen LogP) is 9.82. The normalized spacial score (nSPS) is 11.3. The number of ketones is 1. The molecule has 0 fully saturated rings. The third-order valence-electron chi connectivity index (χ3n) is 6.64. The van der Waals surface area contributed by atoms with Crippen LogP contribution in [0, 0.1) is 0 Å². The molecule has 0 spiro atoms. The van der Waals surface area contributed by atoms with Gasteiger partial charge in [0.2, 0.25) is 11.5 Å². The molecule has 5 heteroatoms. The third-order valence-corrected chi connectivity index (χ3v) is 6.64. The summed E-state index contributed by atoms with van der Waals surface area (Å²) in [6.45, 7) is 10.8. The number of carbonyl (C=O) groups excluding carboxylic acids is 1. The van der Waals surface area contributed by atoms with Crippen molar-refractivity contribution in [3.8, 4) is 17.2 Å². The standard InChI is InChI=1S/C35H52O5/c1-5-9-16-24-37-31-23-22-30(34(39-26-18-11-7-3)35(31)40-27-19-12-8-4)33(36)32(38-25-17-10-6-2)28-29-20-14-13-15-21-29/h13-15,20-23,28H,5-12,16-19,24-27H2,1-4H3/b32-28-. The number of benzene rings is 2. The molecule has 2 aromatic rings. The Morgan fingerprint density at radius 3 is 1.70 bits per heavy atom. The summed E-state index contributed by atoms with van der Waals surface area (Å²) in [5.74, 6) is 1.73. The fraction of sp³-hybridized carbons (Fsp3) is 0.571. The Bertz CT molecular complexity index is 983. The summed E-state index contributed by atoms with van der Waals surface area (Å²) < 4.78 is 25.0. The van der Waals surface area contributed by atoms with Gasteiger partial charge in [0, 0.05) is 0 Å². The summed E-state index contributed by atoms with van der Waals surface area (Å²) in [4.78, 5) is 14.1. The van der Waals surface area contributed by atoms with Gasteiger partial charge in [0.15, 0.2) is 17.3 Å². The molecule has 0 saturated heterocycles. The van der Waals surface area contributed by atoms with E-state index in [1.165, 1.54) is 0 Å². The van der Waals surface area contributed by atoms with Crippen LogP contribution >= 0.6 is 0 Å². The van der Waals surface area contributed by atoms with Gasteiger partial charge in [-0.1, -0.05) is 109 Å². The number of allylic oxidation sites excluding steroid dienone is 1. The van der Waals surface area contributed by atoms with Crippen LogP contribution in [0.1, 0.15) is 121 Å². The first kappa shape index (κ1) is 33.3. The molecule has 0 radical (unpaired) electrons. The highest BCUT2D eigenvalue weighted by atomic mass is 16.5. The average Bonchev–Trinajstić information content (AvgIpc) is 2.98. The lowest BCUT2D eigenvalue weighted by atomic mass is 10.0. The number of unbranched alkanes of at least 4 members (excludes halogenated alkanes) is 8. The Hall–Kier alpha value is -2.95. The van der Waals surface area contributed by atoms with Gasteiger partial charge >= 0.3 is 0 Å². The quantitative estimate of drug-likeness (QED) is 0.0594. The van der Waals surface area contributed by atoms with Gasteiger partial charge < -0.3 is 18.9 Å². The second-order valence-electron chi connectivity index (χ2n) is 10.2. The molecule has 2 rings (SSSR count). The van der Waals surface area contributed by atoms with Crippen LogP contribution in [0.5, 0.6) is 17.2 Å². The van der Waals surface area contributed by atoms with Gasteiger partial charge in [-0.25, -0.2) is 0 Å². The van der Waals surface area contributed by atoms with Gasteiger partial charge in [0.05, 0.1) is 32.0 Å². The van der Waals surface area contributed by atoms with Crippen LogP contribution in [0.4, 0.5) is 0 Å². The van der Waals surface area contributed by atoms with Crippen LogP contribution in [-0.2, 0) is 4.74 Å². The summed E-state index contributed by atoms with van der Waals surface area (Å²) in [5.41, 5.74) is 1.36. The summed E-state index contributed by atoms with van der Waals surface area (Å²) in [7, 11) is 0. The average molecular weight is 553 g/mol. The van der Waals surface area contributed by atoms with E-state index in [1.807, 2.05) is 42.5 Å². The largest absolute Gasteiger partial charge is 0.490 e. The highest BCUT2D eigenvalue weighted by Crippen LogP contribution is 2.42. The van der Waals surface area contributed by atoms with E-state index in [4.69, 9.17) is 18.9 Å². The molecule has 0 N–H and O–H groups in total. The summed E-state index contributed by atoms with van der Waals surface area (Å²) in [5, 5.41) is 0. The summed E-state index contributed by atoms with van der Waals surface area (Å²) in [6, 6.07) is 13.5. The molecule has 0 aliphatic heterocycles. The van der Waals surface area contributed by atoms with E-state index in [0.717, 1.165) is 82.6 Å². The molecule has 0 aromatic heterocycles. The molecule has 0 saturated carbocycles. The molecule has 0 bridgehead atoms. The molecular formula is C35H52O5. The smallest absolute Gasteiger partial charge is 0.231 e. The Kier molecular flexibility index (Phi) is 17.4. The number of carbonyl (C=O) groups is 1. The Balaban J connectivity index is 2.49. The van der Waals surface area contributed by atoms with E-state index < -0.39 is 0 Å². The predicted molar refractivity (Wildman–Crippen MR) is 166 cm³/mol. The van der Waals surface area contributed by atoms with Crippen LogP contribution in [0.25, 0.3) is 6.08 Å². The molecule has 40 heavy (non-hydrogen) atoms. The zero-order valence-corrected chi connectivity index (χ0v) is 25.5. The van der Waals surface area contributed by atoms with Crippen molar-refractivity contribution in [1.29, 1.82) is 0 Å². The van der Waals surface area contributed by atoms with E-state index in [-0.39, 0.29) is 5.78 Å². The SMILES string of the molecule is CCCCCO/C(=C\c1ccccc1)C(=O)c1ccc(OCCCCC)c(OCCCCC)c1OCCCCC. The molecule has 0 unspecified atom stereocenters. The maximum absolute atomic E-state index is 14.1. The van der Waals surface area contributed by atoms with Crippen LogP contribution in [0.3, 0.4) is 0 Å². The fourth-order valence-corrected chi connectivity index (χ4v) is 4.24. The maximum Gasteiger partial charge on any atom is 0.231 e. The van der Waals surface area contributed by atoms with Gasteiger partial charge in [-0.3, -0.25) is 4.79 Å². The van der Waals surface area contributed by atoms with Gasteiger partial charge in [-0.2, -0.15) is 0 Å². The first-order chi connectivity index (χ1) is 19.7. The van der Waals surface area contributed by atoms with Crippen molar-refractivity contribution >= 4 is 11.9 Å². The lowest BCUT2D eigenvalue weighted by Crippen LogP contribution is -2.13. The van der Waals surface area contributed by atoms with Crippen molar-refractivity contribution in [3.05, 3.63) is 59.4 Å². The van der Waals surface area contributed by atoms with Crippen LogP contribution in [-0.4, -0.2) is 32.2 Å². The van der Waals surface area contributed by atoms with E-state index in [1.54, 1.807) is 6.07 Å². The van der Waals surface area contributed by atoms with Crippen molar-refractivity contribution in [3.63, 3.8) is 0 Å². The van der Waals surface area contributed by atoms with Crippen molar-refractivity contribution in [2.24, 2.45) is 0 Å². The second-order valence-corrected chi connectivity index (χ2v) is 10.2. The van der Waals surface area contributed by atoms with Crippen LogP contribution < -0.4 is 14.2 Å². The van der Waals surface area contributed by atoms with Gasteiger partial charge in [0.25, 0.3) is 0 Å². The molecule has 0 atom stereocenters. The Morgan fingerprint density at radius 2 is 1.12 bits per heavy atom. The first-order valence-electron chi connectivity index (χ1n) is 15.7. The molecule has 0 amide bonds. The highest BCUT2D eigenvalue weighted by molar-refractivity contribution is 6.12.